The molecule has 110 valence electrons. The number of hydrogen-bond donors (Lipinski definition) is 3. The fraction of sp³-hybridized carbons (Fsp3) is 0.308. The summed E-state index contributed by atoms with van der Waals surface area (Å²) in [5.41, 5.74) is 13.5. The number of nitrogens with one attached hydrogen (secondary N) is 1. The van der Waals surface area contributed by atoms with Gasteiger partial charge in [-0.1, -0.05) is 0 Å². The van der Waals surface area contributed by atoms with Gasteiger partial charge >= 0.3 is 0 Å². The lowest BCUT2D eigenvalue weighted by Crippen LogP contribution is -2.36. The Labute approximate surface area is 121 Å². The van der Waals surface area contributed by atoms with Crippen molar-refractivity contribution >= 4 is 28.7 Å². The molecule has 0 amide bonds. The number of anilines is 3. The van der Waals surface area contributed by atoms with E-state index >= 15 is 0 Å². The summed E-state index contributed by atoms with van der Waals surface area (Å²) in [7, 11) is 0. The van der Waals surface area contributed by atoms with Gasteiger partial charge in [0.2, 0.25) is 0 Å². The molecule has 0 saturated carbocycles. The molecule has 2 aromatic rings. The normalized spacial score (nSPS) is 15.7. The molecule has 0 bridgehead atoms. The summed E-state index contributed by atoms with van der Waals surface area (Å²) in [6.45, 7) is 3.34. The molecule has 0 radical (unpaired) electrons. The van der Waals surface area contributed by atoms with Crippen LogP contribution in [0.2, 0.25) is 0 Å². The highest BCUT2D eigenvalue weighted by Gasteiger charge is 2.11. The molecule has 21 heavy (non-hydrogen) atoms. The van der Waals surface area contributed by atoms with Crippen molar-refractivity contribution in [2.45, 2.75) is 0 Å². The van der Waals surface area contributed by atoms with E-state index in [1.807, 2.05) is 24.3 Å². The van der Waals surface area contributed by atoms with Crippen LogP contribution in [0.3, 0.4) is 0 Å². The maximum Gasteiger partial charge on any atom is 0.175 e. The van der Waals surface area contributed by atoms with E-state index in [-0.39, 0.29) is 5.82 Å². The number of hydrogen-bond acceptors (Lipinski definition) is 7. The number of morpholine rings is 1. The van der Waals surface area contributed by atoms with Crippen LogP contribution in [0, 0.1) is 0 Å². The lowest BCUT2D eigenvalue weighted by molar-refractivity contribution is 0.122. The molecule has 5 N–H and O–H groups in total. The number of nitrogens with two attached hydrogens (primary N) is 2. The summed E-state index contributed by atoms with van der Waals surface area (Å²) in [6, 6.07) is 7.84. The van der Waals surface area contributed by atoms with Crippen LogP contribution in [-0.2, 0) is 4.74 Å². The first-order chi connectivity index (χ1) is 10.2. The Hall–Kier alpha value is -2.61. The van der Waals surface area contributed by atoms with Crippen LogP contribution >= 0.6 is 0 Å². The van der Waals surface area contributed by atoms with Crippen LogP contribution < -0.4 is 16.4 Å². The van der Waals surface area contributed by atoms with Crippen molar-refractivity contribution in [3.63, 3.8) is 0 Å². The predicted octanol–water partition coefficient (Wildman–Crippen LogP) is 1.83. The van der Waals surface area contributed by atoms with Gasteiger partial charge in [0, 0.05) is 18.8 Å². The standard InChI is InChI=1S/C13H17N7O/c14-12-11(13(15)19-18-12)17-16-9-1-3-10(4-2-9)20-5-7-21-8-6-20/h1-4H,5-8H2,(H5,14,15,18,19). The van der Waals surface area contributed by atoms with Crippen LogP contribution in [-0.4, -0.2) is 36.5 Å². The Morgan fingerprint density at radius 1 is 1.10 bits per heavy atom. The first-order valence-corrected chi connectivity index (χ1v) is 6.68. The molecule has 1 fully saturated rings. The number of benzene rings is 1. The Balaban J connectivity index is 1.72. The highest BCUT2D eigenvalue weighted by molar-refractivity contribution is 5.70. The van der Waals surface area contributed by atoms with Crippen LogP contribution in [0.5, 0.6) is 0 Å². The van der Waals surface area contributed by atoms with E-state index in [0.717, 1.165) is 37.7 Å². The van der Waals surface area contributed by atoms with E-state index in [2.05, 4.69) is 25.3 Å². The van der Waals surface area contributed by atoms with Crippen molar-refractivity contribution in [2.75, 3.05) is 42.7 Å². The Kier molecular flexibility index (Phi) is 3.69. The van der Waals surface area contributed by atoms with Crippen LogP contribution in [0.25, 0.3) is 0 Å². The summed E-state index contributed by atoms with van der Waals surface area (Å²) in [5.74, 6) is 0.544. The zero-order chi connectivity index (χ0) is 14.7. The lowest BCUT2D eigenvalue weighted by atomic mass is 10.2. The quantitative estimate of drug-likeness (QED) is 0.744. The molecule has 8 nitrogen and oxygen atoms in total. The third-order valence-corrected chi connectivity index (χ3v) is 3.29. The summed E-state index contributed by atoms with van der Waals surface area (Å²) >= 11 is 0. The summed E-state index contributed by atoms with van der Waals surface area (Å²) in [6.07, 6.45) is 0. The van der Waals surface area contributed by atoms with Gasteiger partial charge in [-0.2, -0.15) is 10.2 Å². The summed E-state index contributed by atoms with van der Waals surface area (Å²) in [4.78, 5) is 2.27. The van der Waals surface area contributed by atoms with E-state index < -0.39 is 0 Å². The maximum absolute atomic E-state index is 5.66. The van der Waals surface area contributed by atoms with Crippen molar-refractivity contribution in [2.24, 2.45) is 10.2 Å². The minimum absolute atomic E-state index is 0.237. The Morgan fingerprint density at radius 3 is 2.43 bits per heavy atom. The molecule has 0 aliphatic carbocycles. The van der Waals surface area contributed by atoms with E-state index in [1.54, 1.807) is 0 Å². The molecule has 1 aliphatic rings. The molecular weight excluding hydrogens is 270 g/mol. The number of ether oxygens (including phenoxy) is 1. The van der Waals surface area contributed by atoms with E-state index in [1.165, 1.54) is 0 Å². The fourth-order valence-corrected chi connectivity index (χ4v) is 2.13. The van der Waals surface area contributed by atoms with Gasteiger partial charge in [-0.25, -0.2) is 0 Å². The Bertz CT molecular complexity index is 609. The van der Waals surface area contributed by atoms with Gasteiger partial charge < -0.3 is 21.1 Å². The van der Waals surface area contributed by atoms with E-state index in [4.69, 9.17) is 16.2 Å². The molecule has 3 rings (SSSR count). The molecule has 0 spiro atoms. The highest BCUT2D eigenvalue weighted by Crippen LogP contribution is 2.28. The SMILES string of the molecule is Nc1n[nH]c(N)c1N=Nc1ccc(N2CCOCC2)cc1. The molecule has 0 atom stereocenters. The molecule has 1 saturated heterocycles. The van der Waals surface area contributed by atoms with Crippen LogP contribution in [0.15, 0.2) is 34.5 Å². The smallest absolute Gasteiger partial charge is 0.175 e. The van der Waals surface area contributed by atoms with Gasteiger partial charge in [0.25, 0.3) is 0 Å². The number of rotatable bonds is 3. The second-order valence-corrected chi connectivity index (χ2v) is 4.69. The number of nitrogen functional groups attached to an aromatic ring is 2. The predicted molar refractivity (Wildman–Crippen MR) is 81.1 cm³/mol. The molecule has 0 unspecified atom stereocenters. The first-order valence-electron chi connectivity index (χ1n) is 6.68. The van der Waals surface area contributed by atoms with E-state index in [9.17, 15) is 0 Å². The van der Waals surface area contributed by atoms with Gasteiger partial charge in [-0.15, -0.1) is 5.11 Å². The largest absolute Gasteiger partial charge is 0.382 e. The molecule has 1 aromatic carbocycles. The highest BCUT2D eigenvalue weighted by atomic mass is 16.5. The zero-order valence-electron chi connectivity index (χ0n) is 11.5. The van der Waals surface area contributed by atoms with Crippen LogP contribution in [0.4, 0.5) is 28.7 Å². The minimum atomic E-state index is 0.237. The topological polar surface area (TPSA) is 118 Å². The fourth-order valence-electron chi connectivity index (χ4n) is 2.13. The van der Waals surface area contributed by atoms with Gasteiger partial charge in [0.15, 0.2) is 11.5 Å². The van der Waals surface area contributed by atoms with Crippen LogP contribution in [0.1, 0.15) is 0 Å². The van der Waals surface area contributed by atoms with Crippen molar-refractivity contribution in [1.29, 1.82) is 0 Å². The average Bonchev–Trinajstić information content (AvgIpc) is 2.85. The zero-order valence-corrected chi connectivity index (χ0v) is 11.5. The van der Waals surface area contributed by atoms with Crippen molar-refractivity contribution in [3.05, 3.63) is 24.3 Å². The van der Waals surface area contributed by atoms with Crippen molar-refractivity contribution in [3.8, 4) is 0 Å². The Morgan fingerprint density at radius 2 is 1.81 bits per heavy atom. The monoisotopic (exact) mass is 287 g/mol. The van der Waals surface area contributed by atoms with Crippen molar-refractivity contribution in [1.82, 2.24) is 10.2 Å². The number of azo groups is 1. The average molecular weight is 287 g/mol. The van der Waals surface area contributed by atoms with Gasteiger partial charge in [0.05, 0.1) is 18.9 Å². The third-order valence-electron chi connectivity index (χ3n) is 3.29. The molecule has 1 aromatic heterocycles. The second kappa shape index (κ2) is 5.80. The number of nitrogens with zero attached hydrogens (tertiary/aromatic N) is 4. The number of H-pyrrole nitrogens is 1. The summed E-state index contributed by atoms with van der Waals surface area (Å²) < 4.78 is 5.34. The molecule has 2 heterocycles. The summed E-state index contributed by atoms with van der Waals surface area (Å²) in [5, 5.41) is 14.5. The molecule has 1 aliphatic heterocycles. The first kappa shape index (κ1) is 13.4. The van der Waals surface area contributed by atoms with E-state index in [0.29, 0.717) is 11.5 Å². The molecule has 8 heteroatoms. The maximum atomic E-state index is 5.66. The van der Waals surface area contributed by atoms with Gasteiger partial charge in [-0.05, 0) is 24.3 Å². The number of aromatic amines is 1. The number of aromatic nitrogens is 2. The van der Waals surface area contributed by atoms with Crippen molar-refractivity contribution < 1.29 is 4.74 Å². The third kappa shape index (κ3) is 2.95. The van der Waals surface area contributed by atoms with Gasteiger partial charge in [-0.3, -0.25) is 5.10 Å². The molecular formula is C13H17N7O. The van der Waals surface area contributed by atoms with Gasteiger partial charge in [0.1, 0.15) is 5.82 Å². The minimum Gasteiger partial charge on any atom is -0.382 e. The lowest BCUT2D eigenvalue weighted by Gasteiger charge is -2.28. The second-order valence-electron chi connectivity index (χ2n) is 4.69.